The number of aliphatic hydroxyl groups is 1. The molecule has 0 saturated carbocycles. The van der Waals surface area contributed by atoms with Gasteiger partial charge in [0.15, 0.2) is 0 Å². The molecule has 3 aliphatic heterocycles. The number of aromatic nitrogens is 1. The zero-order valence-corrected chi connectivity index (χ0v) is 20.3. The molecule has 1 N–H and O–H groups in total. The number of nitrogens with zero attached hydrogens (tertiary/aromatic N) is 4. The second-order valence-electron chi connectivity index (χ2n) is 9.61. The van der Waals surface area contributed by atoms with Crippen LogP contribution in [0.3, 0.4) is 0 Å². The lowest BCUT2D eigenvalue weighted by atomic mass is 9.80. The van der Waals surface area contributed by atoms with Gasteiger partial charge >= 0.3 is 0 Å². The summed E-state index contributed by atoms with van der Waals surface area (Å²) in [4.78, 5) is 48.8. The van der Waals surface area contributed by atoms with Crippen LogP contribution >= 0.6 is 11.3 Å². The summed E-state index contributed by atoms with van der Waals surface area (Å²) in [5.74, 6) is -0.0875. The van der Waals surface area contributed by atoms with Gasteiger partial charge in [-0.2, -0.15) is 0 Å². The lowest BCUT2D eigenvalue weighted by Crippen LogP contribution is -2.42. The summed E-state index contributed by atoms with van der Waals surface area (Å²) in [6.07, 6.45) is 5.00. The number of benzene rings is 1. The van der Waals surface area contributed by atoms with Crippen LogP contribution in [0.15, 0.2) is 24.4 Å². The van der Waals surface area contributed by atoms with Crippen LogP contribution in [-0.4, -0.2) is 76.9 Å². The van der Waals surface area contributed by atoms with Crippen LogP contribution in [0.4, 0.5) is 5.69 Å². The van der Waals surface area contributed by atoms with E-state index in [2.05, 4.69) is 11.1 Å². The monoisotopic (exact) mass is 482 g/mol. The molecule has 1 atom stereocenters. The Labute approximate surface area is 203 Å². The second kappa shape index (κ2) is 9.11. The van der Waals surface area contributed by atoms with Gasteiger partial charge in [-0.3, -0.25) is 14.4 Å². The number of carbonyl (C=O) groups excluding carboxylic acids is 3. The Morgan fingerprint density at radius 1 is 1.09 bits per heavy atom. The van der Waals surface area contributed by atoms with E-state index in [9.17, 15) is 19.5 Å². The fraction of sp³-hybridized carbons (Fsp3) is 0.520. The minimum Gasteiger partial charge on any atom is -0.387 e. The highest BCUT2D eigenvalue weighted by Crippen LogP contribution is 2.47. The Hall–Kier alpha value is -2.78. The summed E-state index contributed by atoms with van der Waals surface area (Å²) in [7, 11) is 0. The maximum Gasteiger partial charge on any atom is 0.248 e. The first kappa shape index (κ1) is 23.0. The largest absolute Gasteiger partial charge is 0.387 e. The zero-order chi connectivity index (χ0) is 23.9. The van der Waals surface area contributed by atoms with Crippen molar-refractivity contribution in [2.24, 2.45) is 0 Å². The average molecular weight is 483 g/mol. The molecule has 1 unspecified atom stereocenters. The smallest absolute Gasteiger partial charge is 0.248 e. The summed E-state index contributed by atoms with van der Waals surface area (Å²) in [5, 5.41) is 10.2. The molecule has 1 aromatic carbocycles. The Morgan fingerprint density at radius 3 is 2.59 bits per heavy atom. The first-order chi connectivity index (χ1) is 16.4. The van der Waals surface area contributed by atoms with E-state index in [0.717, 1.165) is 52.6 Å². The maximum absolute atomic E-state index is 13.3. The van der Waals surface area contributed by atoms with E-state index in [4.69, 9.17) is 0 Å². The van der Waals surface area contributed by atoms with Crippen molar-refractivity contribution in [1.29, 1.82) is 0 Å². The molecule has 2 saturated heterocycles. The molecule has 34 heavy (non-hydrogen) atoms. The van der Waals surface area contributed by atoms with Crippen molar-refractivity contribution in [3.05, 3.63) is 45.4 Å². The first-order valence-corrected chi connectivity index (χ1v) is 12.7. The van der Waals surface area contributed by atoms with Gasteiger partial charge in [0.05, 0.1) is 6.42 Å². The van der Waals surface area contributed by atoms with Gasteiger partial charge in [-0.1, -0.05) is 12.1 Å². The normalized spacial score (nSPS) is 21.2. The molecule has 2 aromatic rings. The second-order valence-corrected chi connectivity index (χ2v) is 10.9. The van der Waals surface area contributed by atoms with Crippen LogP contribution < -0.4 is 4.90 Å². The minimum absolute atomic E-state index is 0.000112. The third-order valence-corrected chi connectivity index (χ3v) is 8.25. The summed E-state index contributed by atoms with van der Waals surface area (Å²) in [6.45, 7) is 4.74. The molecular weight excluding hydrogens is 452 g/mol. The molecule has 3 aliphatic rings. The van der Waals surface area contributed by atoms with Crippen LogP contribution in [0.2, 0.25) is 0 Å². The van der Waals surface area contributed by atoms with Gasteiger partial charge in [-0.25, -0.2) is 4.98 Å². The zero-order valence-electron chi connectivity index (χ0n) is 19.5. The summed E-state index contributed by atoms with van der Waals surface area (Å²) in [6, 6.07) is 6.14. The molecule has 1 spiro atoms. The van der Waals surface area contributed by atoms with Crippen LogP contribution in [0.1, 0.15) is 40.3 Å². The lowest BCUT2D eigenvalue weighted by molar-refractivity contribution is -0.134. The predicted octanol–water partition coefficient (Wildman–Crippen LogP) is 1.67. The van der Waals surface area contributed by atoms with Gasteiger partial charge in [0.25, 0.3) is 0 Å². The van der Waals surface area contributed by atoms with E-state index < -0.39 is 6.61 Å². The number of anilines is 1. The number of carbonyl (C=O) groups is 3. The fourth-order valence-corrected chi connectivity index (χ4v) is 6.09. The topological polar surface area (TPSA) is 94.0 Å². The predicted molar refractivity (Wildman–Crippen MR) is 129 cm³/mol. The molecule has 180 valence electrons. The van der Waals surface area contributed by atoms with Crippen molar-refractivity contribution in [3.63, 3.8) is 0 Å². The van der Waals surface area contributed by atoms with Gasteiger partial charge in [0.2, 0.25) is 17.7 Å². The number of thiazole rings is 1. The third kappa shape index (κ3) is 4.22. The minimum atomic E-state index is -0.506. The van der Waals surface area contributed by atoms with Crippen LogP contribution in [0.5, 0.6) is 0 Å². The molecule has 2 fully saturated rings. The standard InChI is InChI=1S/C25H30N4O4S/c1-17-13-26-21(34-17)12-23(32)29-16-25(7-10-28(15-25)24(33)14-30)19-11-18(3-5-20(19)29)4-6-22(31)27-8-2-9-27/h3,5,11,13,30H,2,4,6-10,12,14-16H2,1H3. The van der Waals surface area contributed by atoms with Crippen LogP contribution in [0, 0.1) is 6.92 Å². The number of rotatable bonds is 6. The van der Waals surface area contributed by atoms with Gasteiger partial charge in [-0.15, -0.1) is 11.3 Å². The van der Waals surface area contributed by atoms with Crippen molar-refractivity contribution in [1.82, 2.24) is 14.8 Å². The van der Waals surface area contributed by atoms with Gasteiger partial charge < -0.3 is 19.8 Å². The van der Waals surface area contributed by atoms with Crippen molar-refractivity contribution < 1.29 is 19.5 Å². The van der Waals surface area contributed by atoms with E-state index in [-0.39, 0.29) is 29.6 Å². The SMILES string of the molecule is Cc1cnc(CC(=O)N2CC3(CCN(C(=O)CO)C3)c3cc(CCC(=O)N4CCC4)ccc32)s1. The number of hydrogen-bond acceptors (Lipinski definition) is 6. The number of fused-ring (bicyclic) bond motifs is 2. The summed E-state index contributed by atoms with van der Waals surface area (Å²) < 4.78 is 0. The fourth-order valence-electron chi connectivity index (χ4n) is 5.31. The summed E-state index contributed by atoms with van der Waals surface area (Å²) >= 11 is 1.53. The third-order valence-electron chi connectivity index (χ3n) is 7.33. The molecule has 9 heteroatoms. The lowest BCUT2D eigenvalue weighted by Gasteiger charge is -2.31. The number of aliphatic hydroxyl groups excluding tert-OH is 1. The Kier molecular flexibility index (Phi) is 6.16. The number of likely N-dealkylation sites (tertiary alicyclic amines) is 2. The first-order valence-electron chi connectivity index (χ1n) is 11.9. The Bertz CT molecular complexity index is 1130. The molecule has 0 radical (unpaired) electrons. The van der Waals surface area contributed by atoms with E-state index in [1.165, 1.54) is 11.3 Å². The van der Waals surface area contributed by atoms with Crippen LogP contribution in [-0.2, 0) is 32.6 Å². The molecule has 5 rings (SSSR count). The molecular formula is C25H30N4O4S. The highest BCUT2D eigenvalue weighted by atomic mass is 32.1. The van der Waals surface area contributed by atoms with E-state index >= 15 is 0 Å². The number of aryl methyl sites for hydroxylation is 2. The number of hydrogen-bond donors (Lipinski definition) is 1. The van der Waals surface area contributed by atoms with Crippen molar-refractivity contribution in [2.45, 2.75) is 44.4 Å². The maximum atomic E-state index is 13.3. The summed E-state index contributed by atoms with van der Waals surface area (Å²) in [5.41, 5.74) is 2.67. The number of amides is 3. The molecule has 1 aromatic heterocycles. The van der Waals surface area contributed by atoms with Crippen molar-refractivity contribution in [2.75, 3.05) is 44.2 Å². The Morgan fingerprint density at radius 2 is 1.91 bits per heavy atom. The highest BCUT2D eigenvalue weighted by molar-refractivity contribution is 7.11. The van der Waals surface area contributed by atoms with E-state index in [0.29, 0.717) is 32.5 Å². The Balaban J connectivity index is 1.40. The van der Waals surface area contributed by atoms with Gasteiger partial charge in [-0.05, 0) is 43.4 Å². The van der Waals surface area contributed by atoms with E-state index in [1.807, 2.05) is 28.9 Å². The molecule has 8 nitrogen and oxygen atoms in total. The van der Waals surface area contributed by atoms with Crippen LogP contribution in [0.25, 0.3) is 0 Å². The quantitative estimate of drug-likeness (QED) is 0.676. The van der Waals surface area contributed by atoms with Crippen molar-refractivity contribution >= 4 is 34.7 Å². The molecule has 0 bridgehead atoms. The molecule has 3 amide bonds. The molecule has 0 aliphatic carbocycles. The van der Waals surface area contributed by atoms with Gasteiger partial charge in [0, 0.05) is 61.3 Å². The highest BCUT2D eigenvalue weighted by Gasteiger charge is 2.49. The van der Waals surface area contributed by atoms with Crippen molar-refractivity contribution in [3.8, 4) is 0 Å². The van der Waals surface area contributed by atoms with Gasteiger partial charge in [0.1, 0.15) is 11.6 Å². The molecule has 4 heterocycles. The van der Waals surface area contributed by atoms with E-state index in [1.54, 1.807) is 11.1 Å². The average Bonchev–Trinajstić information content (AvgIpc) is 3.49.